The summed E-state index contributed by atoms with van der Waals surface area (Å²) >= 11 is 12.0. The topological polar surface area (TPSA) is 158 Å². The van der Waals surface area contributed by atoms with Crippen molar-refractivity contribution in [3.8, 4) is 11.6 Å². The smallest absolute Gasteiger partial charge is 0.322 e. The van der Waals surface area contributed by atoms with Crippen LogP contribution in [0.1, 0.15) is 39.1 Å². The van der Waals surface area contributed by atoms with E-state index >= 15 is 0 Å². The summed E-state index contributed by atoms with van der Waals surface area (Å²) < 4.78 is 0.691. The van der Waals surface area contributed by atoms with Crippen molar-refractivity contribution in [1.29, 1.82) is 0 Å². The summed E-state index contributed by atoms with van der Waals surface area (Å²) in [6.07, 6.45) is 1.84. The molecule has 32 heavy (non-hydrogen) atoms. The highest BCUT2D eigenvalue weighted by Gasteiger charge is 2.31. The Balaban J connectivity index is 2.10. The van der Waals surface area contributed by atoms with E-state index in [1.807, 2.05) is 5.32 Å². The lowest BCUT2D eigenvalue weighted by atomic mass is 10.1. The number of carbonyl (C=O) groups is 3. The van der Waals surface area contributed by atoms with Gasteiger partial charge in [-0.1, -0.05) is 29.3 Å². The molecule has 1 aliphatic rings. The number of nitrogens with zero attached hydrogens (tertiary/aromatic N) is 1. The van der Waals surface area contributed by atoms with E-state index in [0.29, 0.717) is 15.2 Å². The molecule has 1 aliphatic carbocycles. The number of halogens is 2. The summed E-state index contributed by atoms with van der Waals surface area (Å²) in [6, 6.07) is 4.39. The van der Waals surface area contributed by atoms with Crippen molar-refractivity contribution in [2.24, 2.45) is 5.92 Å². The van der Waals surface area contributed by atoms with Gasteiger partial charge in [-0.2, -0.15) is 0 Å². The number of hydrogen-bond acceptors (Lipinski definition) is 6. The Hall–Kier alpha value is -3.24. The van der Waals surface area contributed by atoms with Crippen LogP contribution in [0, 0.1) is 5.92 Å². The van der Waals surface area contributed by atoms with Crippen LogP contribution in [0.25, 0.3) is 0 Å². The van der Waals surface area contributed by atoms with E-state index in [4.69, 9.17) is 28.3 Å². The number of benzene rings is 1. The Kier molecular flexibility index (Phi) is 6.95. The molecule has 1 aromatic carbocycles. The molecule has 0 radical (unpaired) electrons. The molecular weight excluding hydrogens is 465 g/mol. The number of carbonyl (C=O) groups excluding carboxylic acids is 2. The molecule has 0 bridgehead atoms. The quantitative estimate of drug-likeness (QED) is 0.381. The van der Waals surface area contributed by atoms with Crippen LogP contribution in [0.3, 0.4) is 0 Å². The molecule has 5 N–H and O–H groups in total. The van der Waals surface area contributed by atoms with Crippen LogP contribution in [-0.2, 0) is 11.3 Å². The molecule has 12 heteroatoms. The summed E-state index contributed by atoms with van der Waals surface area (Å²) in [5, 5.41) is 34.9. The van der Waals surface area contributed by atoms with Gasteiger partial charge >= 0.3 is 5.97 Å². The number of aromatic nitrogens is 1. The van der Waals surface area contributed by atoms with Gasteiger partial charge in [0.2, 0.25) is 5.88 Å². The molecule has 10 nitrogen and oxygen atoms in total. The third-order valence-corrected chi connectivity index (χ3v) is 5.44. The average molecular weight is 484 g/mol. The molecule has 0 spiro atoms. The number of nitrogens with one attached hydrogen (secondary N) is 2. The predicted molar refractivity (Wildman–Crippen MR) is 115 cm³/mol. The number of aliphatic carboxylic acids is 1. The number of pyridine rings is 1. The zero-order chi connectivity index (χ0) is 23.6. The van der Waals surface area contributed by atoms with Crippen molar-refractivity contribution in [3.05, 3.63) is 55.3 Å². The van der Waals surface area contributed by atoms with E-state index in [1.54, 1.807) is 0 Å². The highest BCUT2D eigenvalue weighted by molar-refractivity contribution is 6.35. The van der Waals surface area contributed by atoms with Crippen molar-refractivity contribution in [2.75, 3.05) is 13.1 Å². The van der Waals surface area contributed by atoms with Gasteiger partial charge in [-0.15, -0.1) is 0 Å². The monoisotopic (exact) mass is 483 g/mol. The zero-order valence-corrected chi connectivity index (χ0v) is 18.0. The van der Waals surface area contributed by atoms with Crippen LogP contribution >= 0.6 is 23.2 Å². The van der Waals surface area contributed by atoms with Crippen LogP contribution in [-0.4, -0.2) is 50.8 Å². The van der Waals surface area contributed by atoms with Gasteiger partial charge in [-0.05, 0) is 36.5 Å². The van der Waals surface area contributed by atoms with Gasteiger partial charge in [-0.25, -0.2) is 0 Å². The fourth-order valence-corrected chi connectivity index (χ4v) is 3.44. The Morgan fingerprint density at radius 1 is 1.06 bits per heavy atom. The summed E-state index contributed by atoms with van der Waals surface area (Å²) in [4.78, 5) is 48.9. The Morgan fingerprint density at radius 2 is 1.72 bits per heavy atom. The summed E-state index contributed by atoms with van der Waals surface area (Å²) in [7, 11) is 0. The van der Waals surface area contributed by atoms with Crippen LogP contribution in [0.4, 0.5) is 0 Å². The lowest BCUT2D eigenvalue weighted by molar-refractivity contribution is -0.135. The van der Waals surface area contributed by atoms with Crippen LogP contribution in [0.15, 0.2) is 23.0 Å². The molecule has 1 saturated carbocycles. The summed E-state index contributed by atoms with van der Waals surface area (Å²) in [5.41, 5.74) is -2.30. The standard InChI is InChI=1S/C20H19Cl2N3O7/c21-11-4-3-10(12(22)5-11)8-25-19(31)14(17(29)23-6-9-1-2-9)16(28)15(20(25)32)18(30)24-7-13(26)27/h3-5,9,28,32H,1-2,6-8H2,(H,23,29)(H,24,30)(H,26,27). The van der Waals surface area contributed by atoms with Crippen molar-refractivity contribution >= 4 is 41.0 Å². The number of rotatable bonds is 8. The Labute approximate surface area is 191 Å². The Bertz CT molecular complexity index is 1160. The van der Waals surface area contributed by atoms with Gasteiger partial charge < -0.3 is 26.0 Å². The van der Waals surface area contributed by atoms with Gasteiger partial charge in [-0.3, -0.25) is 23.7 Å². The fourth-order valence-electron chi connectivity index (χ4n) is 2.97. The summed E-state index contributed by atoms with van der Waals surface area (Å²) in [5.74, 6) is -5.23. The maximum atomic E-state index is 13.0. The summed E-state index contributed by atoms with van der Waals surface area (Å²) in [6.45, 7) is -0.895. The molecular formula is C20H19Cl2N3O7. The van der Waals surface area contributed by atoms with Gasteiger partial charge in [0.15, 0.2) is 5.75 Å². The average Bonchev–Trinajstić information content (AvgIpc) is 3.54. The van der Waals surface area contributed by atoms with Crippen molar-refractivity contribution in [2.45, 2.75) is 19.4 Å². The third kappa shape index (κ3) is 5.14. The number of hydrogen-bond donors (Lipinski definition) is 5. The molecule has 1 heterocycles. The van der Waals surface area contributed by atoms with Gasteiger partial charge in [0, 0.05) is 16.6 Å². The minimum absolute atomic E-state index is 0.161. The second kappa shape index (κ2) is 9.49. The van der Waals surface area contributed by atoms with Crippen molar-refractivity contribution in [1.82, 2.24) is 15.2 Å². The van der Waals surface area contributed by atoms with E-state index < -0.39 is 52.6 Å². The molecule has 2 aromatic rings. The largest absolute Gasteiger partial charge is 0.506 e. The minimum atomic E-state index is -1.37. The van der Waals surface area contributed by atoms with Crippen molar-refractivity contribution < 1.29 is 29.7 Å². The second-order valence-electron chi connectivity index (χ2n) is 7.28. The highest BCUT2D eigenvalue weighted by Crippen LogP contribution is 2.31. The first-order valence-corrected chi connectivity index (χ1v) is 10.3. The van der Waals surface area contributed by atoms with Gasteiger partial charge in [0.25, 0.3) is 17.4 Å². The maximum Gasteiger partial charge on any atom is 0.322 e. The van der Waals surface area contributed by atoms with E-state index in [-0.39, 0.29) is 24.0 Å². The van der Waals surface area contributed by atoms with Gasteiger partial charge in [0.05, 0.1) is 6.54 Å². The second-order valence-corrected chi connectivity index (χ2v) is 8.12. The fraction of sp³-hybridized carbons (Fsp3) is 0.300. The first kappa shape index (κ1) is 23.4. The molecule has 170 valence electrons. The molecule has 1 fully saturated rings. The number of carboxylic acid groups (broad SMARTS) is 1. The molecule has 3 rings (SSSR count). The van der Waals surface area contributed by atoms with E-state index in [2.05, 4.69) is 5.32 Å². The number of amides is 2. The zero-order valence-electron chi connectivity index (χ0n) is 16.5. The normalized spacial score (nSPS) is 12.9. The molecule has 0 atom stereocenters. The maximum absolute atomic E-state index is 13.0. The Morgan fingerprint density at radius 3 is 2.31 bits per heavy atom. The van der Waals surface area contributed by atoms with Crippen molar-refractivity contribution in [3.63, 3.8) is 0 Å². The van der Waals surface area contributed by atoms with E-state index in [1.165, 1.54) is 18.2 Å². The first-order chi connectivity index (χ1) is 15.1. The first-order valence-electron chi connectivity index (χ1n) is 9.51. The third-order valence-electron chi connectivity index (χ3n) is 4.86. The van der Waals surface area contributed by atoms with E-state index in [0.717, 1.165) is 12.8 Å². The van der Waals surface area contributed by atoms with E-state index in [9.17, 15) is 29.4 Å². The minimum Gasteiger partial charge on any atom is -0.506 e. The van der Waals surface area contributed by atoms with Crippen LogP contribution in [0.5, 0.6) is 11.6 Å². The number of carboxylic acids is 1. The molecule has 0 aliphatic heterocycles. The van der Waals surface area contributed by atoms with Gasteiger partial charge in [0.1, 0.15) is 17.7 Å². The van der Waals surface area contributed by atoms with Crippen LogP contribution in [0.2, 0.25) is 10.0 Å². The molecule has 1 aromatic heterocycles. The predicted octanol–water partition coefficient (Wildman–Crippen LogP) is 1.57. The highest BCUT2D eigenvalue weighted by atomic mass is 35.5. The molecule has 0 unspecified atom stereocenters. The SMILES string of the molecule is O=C(O)CNC(=O)c1c(O)c(C(=O)NCC2CC2)c(=O)n(Cc2ccc(Cl)cc2Cl)c1O. The lowest BCUT2D eigenvalue weighted by Gasteiger charge is -2.17. The number of aromatic hydroxyl groups is 2. The van der Waals surface area contributed by atoms with Crippen LogP contribution < -0.4 is 16.2 Å². The molecule has 0 saturated heterocycles. The molecule has 2 amide bonds. The lowest BCUT2D eigenvalue weighted by Crippen LogP contribution is -2.37.